The van der Waals surface area contributed by atoms with Crippen LogP contribution < -0.4 is 31.9 Å². The molecule has 0 bridgehead atoms. The Hall–Kier alpha value is -5.52. The van der Waals surface area contributed by atoms with Crippen LogP contribution in [0.15, 0.2) is 97.1 Å². The topological polar surface area (TPSA) is 150 Å². The molecule has 4 aromatic carbocycles. The minimum absolute atomic E-state index is 0.0217. The summed E-state index contributed by atoms with van der Waals surface area (Å²) in [6.45, 7) is 26.3. The number of ether oxygens (including phenoxy) is 1. The molecule has 4 aliphatic heterocycles. The molecule has 332 valence electrons. The molecule has 0 aromatic heterocycles. The third kappa shape index (κ3) is 12.3. The molecule has 11 heteroatoms. The van der Waals surface area contributed by atoms with Gasteiger partial charge >= 0.3 is 6.03 Å². The summed E-state index contributed by atoms with van der Waals surface area (Å²) in [5.74, 6) is 0.398. The fourth-order valence-electron chi connectivity index (χ4n) is 8.22. The summed E-state index contributed by atoms with van der Waals surface area (Å²) in [4.78, 5) is 46.1. The van der Waals surface area contributed by atoms with Gasteiger partial charge in [-0.25, -0.2) is 4.79 Å². The van der Waals surface area contributed by atoms with E-state index in [2.05, 4.69) is 133 Å². The molecule has 11 nitrogen and oxygen atoms in total. The van der Waals surface area contributed by atoms with Crippen molar-refractivity contribution in [2.24, 2.45) is 21.7 Å². The number of hydrogen-bond acceptors (Lipinski definition) is 6. The van der Waals surface area contributed by atoms with Crippen LogP contribution in [0.2, 0.25) is 0 Å². The van der Waals surface area contributed by atoms with Crippen LogP contribution in [0.5, 0.6) is 0 Å². The lowest BCUT2D eigenvalue weighted by atomic mass is 9.72. The number of carbonyl (C=O) groups excluding carboxylic acids is 4. The van der Waals surface area contributed by atoms with E-state index in [9.17, 15) is 19.2 Å². The molecule has 5 amide bonds. The number of anilines is 4. The van der Waals surface area contributed by atoms with E-state index >= 15 is 0 Å². The predicted octanol–water partition coefficient (Wildman–Crippen LogP) is 11.1. The molecule has 0 saturated carbocycles. The van der Waals surface area contributed by atoms with E-state index in [0.29, 0.717) is 18.9 Å². The second-order valence-corrected chi connectivity index (χ2v) is 20.8. The predicted molar refractivity (Wildman–Crippen MR) is 251 cm³/mol. The summed E-state index contributed by atoms with van der Waals surface area (Å²) < 4.78 is 5.69. The van der Waals surface area contributed by atoms with Crippen molar-refractivity contribution in [2.75, 3.05) is 34.4 Å². The van der Waals surface area contributed by atoms with Crippen LogP contribution in [0.1, 0.15) is 136 Å². The van der Waals surface area contributed by atoms with E-state index in [4.69, 9.17) is 4.74 Å². The zero-order chi connectivity index (χ0) is 45.6. The lowest BCUT2D eigenvalue weighted by Gasteiger charge is -2.36. The SMILES string of the molecule is CC(C)(C)C1CC(=O)Nc2ccccc21.CC(C)(C)C1NC(=O)Nc2ccccc21.CC(C)(C)C1NCC(=O)Nc2ccccc21.CC(C)(C)C1OCC(=O)Nc2ccccc21. The maximum absolute atomic E-state index is 11.6. The van der Waals surface area contributed by atoms with Gasteiger partial charge in [0, 0.05) is 40.8 Å². The van der Waals surface area contributed by atoms with Crippen molar-refractivity contribution >= 4 is 46.5 Å². The third-order valence-corrected chi connectivity index (χ3v) is 11.3. The standard InChI is InChI=1S/C13H18N2O.C13H17NO2.C13H17NO.C12H16N2O/c1-13(2,3)12-9-6-4-5-7-10(9)15-11(16)8-14-12;1-13(2,3)12-9-6-4-5-7-10(9)14-11(15)8-16-12;1-13(2,3)10-8-12(15)14-11-7-5-4-6-9(10)11;1-12(2,3)10-8-6-4-5-7-9(8)13-11(15)14-10/h4-7,12,14H,8H2,1-3H3,(H,15,16);4-7,12H,8H2,1-3H3,(H,14,15);4-7,10H,8H2,1-3H3,(H,14,15);4-7,10H,1-3H3,(H2,13,14,15). The third-order valence-electron chi connectivity index (χ3n) is 11.3. The number of nitrogens with one attached hydrogen (secondary N) is 6. The van der Waals surface area contributed by atoms with E-state index < -0.39 is 0 Å². The molecule has 8 rings (SSSR count). The summed E-state index contributed by atoms with van der Waals surface area (Å²) in [5, 5.41) is 17.8. The van der Waals surface area contributed by atoms with Crippen molar-refractivity contribution in [1.29, 1.82) is 0 Å². The summed E-state index contributed by atoms with van der Waals surface area (Å²) in [5.41, 5.74) is 8.56. The lowest BCUT2D eigenvalue weighted by molar-refractivity contribution is -0.124. The van der Waals surface area contributed by atoms with Crippen LogP contribution in [-0.2, 0) is 19.1 Å². The first-order valence-electron chi connectivity index (χ1n) is 21.6. The van der Waals surface area contributed by atoms with Gasteiger partial charge in [-0.05, 0) is 68.5 Å². The largest absolute Gasteiger partial charge is 0.363 e. The average Bonchev–Trinajstić information content (AvgIpc) is 3.47. The lowest BCUT2D eigenvalue weighted by Crippen LogP contribution is -2.43. The molecule has 4 aromatic rings. The number of para-hydroxylation sites is 4. The Bertz CT molecular complexity index is 2070. The maximum Gasteiger partial charge on any atom is 0.319 e. The Kier molecular flexibility index (Phi) is 14.8. The smallest absolute Gasteiger partial charge is 0.319 e. The Morgan fingerprint density at radius 2 is 0.871 bits per heavy atom. The first-order chi connectivity index (χ1) is 28.9. The van der Waals surface area contributed by atoms with Crippen LogP contribution >= 0.6 is 0 Å². The van der Waals surface area contributed by atoms with Crippen molar-refractivity contribution in [1.82, 2.24) is 10.6 Å². The first kappa shape index (κ1) is 47.5. The van der Waals surface area contributed by atoms with Crippen LogP contribution in [0.4, 0.5) is 27.5 Å². The highest BCUT2D eigenvalue weighted by molar-refractivity contribution is 5.96. The number of hydrogen-bond donors (Lipinski definition) is 6. The van der Waals surface area contributed by atoms with Crippen LogP contribution in [0, 0.1) is 21.7 Å². The quantitative estimate of drug-likeness (QED) is 0.104. The van der Waals surface area contributed by atoms with Gasteiger partial charge in [-0.15, -0.1) is 0 Å². The zero-order valence-corrected chi connectivity index (χ0v) is 38.7. The summed E-state index contributed by atoms with van der Waals surface area (Å²) in [7, 11) is 0. The molecule has 4 heterocycles. The molecule has 4 atom stereocenters. The monoisotopic (exact) mass is 845 g/mol. The van der Waals surface area contributed by atoms with E-state index in [1.54, 1.807) is 0 Å². The number of rotatable bonds is 0. The Morgan fingerprint density at radius 3 is 1.39 bits per heavy atom. The highest BCUT2D eigenvalue weighted by atomic mass is 16.5. The summed E-state index contributed by atoms with van der Waals surface area (Å²) in [6.07, 6.45) is 0.545. The van der Waals surface area contributed by atoms with Gasteiger partial charge in [0.2, 0.25) is 17.7 Å². The molecule has 4 aliphatic rings. The van der Waals surface area contributed by atoms with Crippen molar-refractivity contribution in [2.45, 2.75) is 114 Å². The number of fused-ring (bicyclic) bond motifs is 4. The number of urea groups is 1. The molecular weight excluding hydrogens is 777 g/mol. The molecule has 62 heavy (non-hydrogen) atoms. The van der Waals surface area contributed by atoms with Crippen molar-refractivity contribution < 1.29 is 23.9 Å². The van der Waals surface area contributed by atoms with Crippen molar-refractivity contribution in [3.05, 3.63) is 119 Å². The zero-order valence-electron chi connectivity index (χ0n) is 38.7. The van der Waals surface area contributed by atoms with E-state index in [0.717, 1.165) is 33.9 Å². The summed E-state index contributed by atoms with van der Waals surface area (Å²) >= 11 is 0. The number of carbonyl (C=O) groups is 4. The van der Waals surface area contributed by atoms with E-state index in [1.165, 1.54) is 11.1 Å². The van der Waals surface area contributed by atoms with Gasteiger partial charge < -0.3 is 36.6 Å². The first-order valence-corrected chi connectivity index (χ1v) is 21.6. The Balaban J connectivity index is 0.000000156. The fraction of sp³-hybridized carbons (Fsp3) is 0.451. The van der Waals surface area contributed by atoms with E-state index in [1.807, 2.05) is 78.9 Å². The van der Waals surface area contributed by atoms with Crippen LogP contribution in [0.3, 0.4) is 0 Å². The normalized spacial score (nSPS) is 20.7. The van der Waals surface area contributed by atoms with Gasteiger partial charge in [0.15, 0.2) is 0 Å². The molecule has 0 radical (unpaired) electrons. The van der Waals surface area contributed by atoms with Crippen molar-refractivity contribution in [3.63, 3.8) is 0 Å². The van der Waals surface area contributed by atoms with Crippen LogP contribution in [0.25, 0.3) is 0 Å². The minimum atomic E-state index is -0.117. The van der Waals surface area contributed by atoms with Gasteiger partial charge in [0.05, 0.1) is 18.7 Å². The summed E-state index contributed by atoms with van der Waals surface area (Å²) in [6, 6.07) is 32.0. The minimum Gasteiger partial charge on any atom is -0.363 e. The van der Waals surface area contributed by atoms with E-state index in [-0.39, 0.29) is 70.2 Å². The van der Waals surface area contributed by atoms with Gasteiger partial charge in [-0.3, -0.25) is 14.4 Å². The van der Waals surface area contributed by atoms with Crippen molar-refractivity contribution in [3.8, 4) is 0 Å². The molecule has 6 N–H and O–H groups in total. The Morgan fingerprint density at radius 1 is 0.452 bits per heavy atom. The van der Waals surface area contributed by atoms with Gasteiger partial charge in [0.1, 0.15) is 6.61 Å². The number of amides is 5. The van der Waals surface area contributed by atoms with Gasteiger partial charge in [0.25, 0.3) is 0 Å². The molecule has 0 saturated heterocycles. The molecule has 0 spiro atoms. The fourth-order valence-corrected chi connectivity index (χ4v) is 8.22. The molecule has 0 fully saturated rings. The number of benzene rings is 4. The maximum atomic E-state index is 11.6. The van der Waals surface area contributed by atoms with Crippen LogP contribution in [-0.4, -0.2) is 36.9 Å². The Labute approximate surface area is 369 Å². The highest BCUT2D eigenvalue weighted by Crippen LogP contribution is 2.44. The highest BCUT2D eigenvalue weighted by Gasteiger charge is 2.35. The molecule has 4 unspecified atom stereocenters. The molecular formula is C51H68N6O5. The van der Waals surface area contributed by atoms with Gasteiger partial charge in [-0.2, -0.15) is 0 Å². The van der Waals surface area contributed by atoms with Gasteiger partial charge in [-0.1, -0.05) is 156 Å². The second-order valence-electron chi connectivity index (χ2n) is 20.8. The molecule has 0 aliphatic carbocycles. The average molecular weight is 845 g/mol. The second kappa shape index (κ2) is 19.3.